The summed E-state index contributed by atoms with van der Waals surface area (Å²) in [5.41, 5.74) is 3.64. The van der Waals surface area contributed by atoms with Crippen molar-refractivity contribution in [3.8, 4) is 11.1 Å². The van der Waals surface area contributed by atoms with Gasteiger partial charge in [-0.3, -0.25) is 17.7 Å². The third kappa shape index (κ3) is 2.97. The van der Waals surface area contributed by atoms with E-state index in [9.17, 15) is 14.2 Å². The van der Waals surface area contributed by atoms with Gasteiger partial charge in [0.2, 0.25) is 0 Å². The van der Waals surface area contributed by atoms with Crippen molar-refractivity contribution in [1.29, 1.82) is 0 Å². The lowest BCUT2D eigenvalue weighted by Gasteiger charge is -2.42. The number of anilines is 2. The highest BCUT2D eigenvalue weighted by molar-refractivity contribution is 8.26. The number of aliphatic hydroxyl groups is 1. The second kappa shape index (κ2) is 5.89. The van der Waals surface area contributed by atoms with Crippen LogP contribution in [0.1, 0.15) is 32.3 Å². The van der Waals surface area contributed by atoms with Gasteiger partial charge >= 0.3 is 0 Å². The first-order valence-electron chi connectivity index (χ1n) is 8.95. The van der Waals surface area contributed by atoms with Crippen LogP contribution in [0, 0.1) is 5.92 Å². The van der Waals surface area contributed by atoms with Gasteiger partial charge in [-0.1, -0.05) is 24.3 Å². The normalized spacial score (nSPS) is 20.2. The average Bonchev–Trinajstić information content (AvgIpc) is 3.39. The summed E-state index contributed by atoms with van der Waals surface area (Å²) in [5.74, 6) is 0.559. The topological polar surface area (TPSA) is 67.2 Å². The zero-order valence-corrected chi connectivity index (χ0v) is 16.2. The number of hydrogen-bond acceptors (Lipinski definition) is 5. The number of nitrogens with zero attached hydrogens (tertiary/aromatic N) is 2. The molecule has 1 aliphatic carbocycles. The van der Waals surface area contributed by atoms with E-state index in [0.717, 1.165) is 40.9 Å². The molecule has 0 spiro atoms. The Morgan fingerprint density at radius 3 is 2.38 bits per heavy atom. The van der Waals surface area contributed by atoms with E-state index in [1.165, 1.54) is 0 Å². The molecule has 0 unspecified atom stereocenters. The van der Waals surface area contributed by atoms with E-state index in [1.807, 2.05) is 42.5 Å². The monoisotopic (exact) mass is 374 g/mol. The van der Waals surface area contributed by atoms with E-state index in [1.54, 1.807) is 29.5 Å². The zero-order chi connectivity index (χ0) is 18.7. The molecule has 0 amide bonds. The molecule has 1 fully saturated rings. The van der Waals surface area contributed by atoms with Crippen LogP contribution in [-0.2, 0) is 5.60 Å². The standard InChI is InChI=1S/C20H26N2O3S/c1-20(2,23)17-6-4-5-15(11-17)16-9-10-18-19(12-16)21(3)26(24,25)22(18)13-14-7-8-14/h4-6,9-12,14,23-25H,7-8,13H2,1-3H3. The first-order valence-corrected chi connectivity index (χ1v) is 10.4. The Bertz CT molecular complexity index is 843. The van der Waals surface area contributed by atoms with Crippen molar-refractivity contribution in [2.24, 2.45) is 5.92 Å². The molecule has 2 aliphatic rings. The molecule has 3 N–H and O–H groups in total. The van der Waals surface area contributed by atoms with Crippen molar-refractivity contribution >= 4 is 22.3 Å². The summed E-state index contributed by atoms with van der Waals surface area (Å²) in [7, 11) is -1.25. The van der Waals surface area contributed by atoms with Crippen LogP contribution in [-0.4, -0.2) is 27.8 Å². The highest BCUT2D eigenvalue weighted by Gasteiger charge is 2.41. The maximum absolute atomic E-state index is 10.7. The van der Waals surface area contributed by atoms with E-state index in [0.29, 0.717) is 12.5 Å². The lowest BCUT2D eigenvalue weighted by atomic mass is 9.94. The van der Waals surface area contributed by atoms with Crippen LogP contribution in [0.15, 0.2) is 42.5 Å². The predicted octanol–water partition coefficient (Wildman–Crippen LogP) is 4.83. The van der Waals surface area contributed by atoms with Crippen molar-refractivity contribution in [2.45, 2.75) is 32.3 Å². The van der Waals surface area contributed by atoms with Crippen molar-refractivity contribution in [3.63, 3.8) is 0 Å². The van der Waals surface area contributed by atoms with Gasteiger partial charge in [0.05, 0.1) is 17.0 Å². The summed E-state index contributed by atoms with van der Waals surface area (Å²) in [6.07, 6.45) is 2.32. The zero-order valence-electron chi connectivity index (χ0n) is 15.4. The molecule has 0 atom stereocenters. The maximum atomic E-state index is 10.7. The van der Waals surface area contributed by atoms with Crippen molar-refractivity contribution in [2.75, 3.05) is 22.2 Å². The number of hydrogen-bond donors (Lipinski definition) is 3. The molecule has 140 valence electrons. The molecule has 0 bridgehead atoms. The van der Waals surface area contributed by atoms with Gasteiger partial charge in [-0.2, -0.15) is 0 Å². The molecule has 26 heavy (non-hydrogen) atoms. The molecule has 2 aromatic rings. The largest absolute Gasteiger partial charge is 0.386 e. The van der Waals surface area contributed by atoms with Crippen molar-refractivity contribution in [1.82, 2.24) is 0 Å². The quantitative estimate of drug-likeness (QED) is 0.715. The Morgan fingerprint density at radius 1 is 1.04 bits per heavy atom. The van der Waals surface area contributed by atoms with Gasteiger partial charge in [-0.15, -0.1) is 0 Å². The molecule has 2 aromatic carbocycles. The van der Waals surface area contributed by atoms with E-state index in [2.05, 4.69) is 0 Å². The molecule has 0 radical (unpaired) electrons. The van der Waals surface area contributed by atoms with Crippen LogP contribution in [0.5, 0.6) is 0 Å². The van der Waals surface area contributed by atoms with Crippen molar-refractivity contribution in [3.05, 3.63) is 48.0 Å². The molecule has 4 rings (SSSR count). The molecule has 1 saturated carbocycles. The van der Waals surface area contributed by atoms with Gasteiger partial charge in [-0.25, -0.2) is 0 Å². The Hall–Kier alpha value is -1.73. The molecular weight excluding hydrogens is 348 g/mol. The van der Waals surface area contributed by atoms with E-state index < -0.39 is 16.6 Å². The predicted molar refractivity (Wildman–Crippen MR) is 108 cm³/mol. The van der Waals surface area contributed by atoms with E-state index in [4.69, 9.17) is 0 Å². The fourth-order valence-corrected chi connectivity index (χ4v) is 4.93. The van der Waals surface area contributed by atoms with Crippen LogP contribution in [0.4, 0.5) is 11.4 Å². The number of rotatable bonds is 4. The smallest absolute Gasteiger partial charge is 0.0840 e. The SMILES string of the molecule is CN1c2cc(-c3cccc(C(C)(C)O)c3)ccc2N(CC2CC2)S1(O)O. The molecule has 0 saturated heterocycles. The Balaban J connectivity index is 1.73. The van der Waals surface area contributed by atoms with Gasteiger partial charge in [0.15, 0.2) is 0 Å². The van der Waals surface area contributed by atoms with Crippen molar-refractivity contribution < 1.29 is 14.2 Å². The minimum absolute atomic E-state index is 0.559. The molecule has 1 heterocycles. The molecular formula is C20H26N2O3S. The van der Waals surface area contributed by atoms with Gasteiger partial charge in [-0.05, 0) is 78.5 Å². The van der Waals surface area contributed by atoms with Crippen LogP contribution in [0.25, 0.3) is 11.1 Å². The fourth-order valence-electron chi connectivity index (χ4n) is 3.39. The first-order chi connectivity index (χ1) is 12.2. The third-order valence-corrected chi connectivity index (χ3v) is 7.14. The minimum Gasteiger partial charge on any atom is -0.386 e. The third-order valence-electron chi connectivity index (χ3n) is 5.27. The summed E-state index contributed by atoms with van der Waals surface area (Å²) in [6.45, 7) is 4.23. The van der Waals surface area contributed by atoms with Crippen LogP contribution in [0.3, 0.4) is 0 Å². The van der Waals surface area contributed by atoms with Gasteiger partial charge in [0.25, 0.3) is 0 Å². The molecule has 6 heteroatoms. The number of fused-ring (bicyclic) bond motifs is 1. The second-order valence-corrected chi connectivity index (χ2v) is 9.80. The summed E-state index contributed by atoms with van der Waals surface area (Å²) >= 11 is 0. The molecule has 1 aliphatic heterocycles. The molecule has 5 nitrogen and oxygen atoms in total. The number of benzene rings is 2. The van der Waals surface area contributed by atoms with Gasteiger partial charge < -0.3 is 5.11 Å². The minimum atomic E-state index is -2.98. The fraction of sp³-hybridized carbons (Fsp3) is 0.400. The van der Waals surface area contributed by atoms with E-state index >= 15 is 0 Å². The Kier molecular flexibility index (Phi) is 4.00. The lowest BCUT2D eigenvalue weighted by molar-refractivity contribution is 0.0786. The lowest BCUT2D eigenvalue weighted by Crippen LogP contribution is -2.32. The van der Waals surface area contributed by atoms with Gasteiger partial charge in [0.1, 0.15) is 0 Å². The summed E-state index contributed by atoms with van der Waals surface area (Å²) < 4.78 is 24.7. The van der Waals surface area contributed by atoms with Gasteiger partial charge in [0, 0.05) is 13.6 Å². The summed E-state index contributed by atoms with van der Waals surface area (Å²) in [4.78, 5) is 0. The highest BCUT2D eigenvalue weighted by Crippen LogP contribution is 2.61. The van der Waals surface area contributed by atoms with E-state index in [-0.39, 0.29) is 0 Å². The highest BCUT2D eigenvalue weighted by atomic mass is 32.3. The first kappa shape index (κ1) is 17.7. The van der Waals surface area contributed by atoms with Crippen LogP contribution in [0.2, 0.25) is 0 Å². The maximum Gasteiger partial charge on any atom is 0.0840 e. The Morgan fingerprint density at radius 2 is 1.73 bits per heavy atom. The Labute approximate surface area is 156 Å². The second-order valence-electron chi connectivity index (χ2n) is 7.84. The molecule has 0 aromatic heterocycles. The summed E-state index contributed by atoms with van der Waals surface area (Å²) in [5, 5.41) is 10.3. The average molecular weight is 375 g/mol. The summed E-state index contributed by atoms with van der Waals surface area (Å²) in [6, 6.07) is 13.8. The van der Waals surface area contributed by atoms with Crippen LogP contribution >= 0.6 is 11.0 Å². The van der Waals surface area contributed by atoms with Crippen LogP contribution < -0.4 is 8.61 Å².